The summed E-state index contributed by atoms with van der Waals surface area (Å²) in [4.78, 5) is 14.7. The number of amides is 1. The van der Waals surface area contributed by atoms with Crippen LogP contribution in [0.5, 0.6) is 0 Å². The standard InChI is InChI=1S/C18H27N3O3S.ClH/c1-3-12(2)20-25(23,24)15-7-4-13(5-8-15)18(22)21-10-14-6-9-17(19)16(14)11-21;/h4-5,7-8,12,14,16-17,20H,3,6,9-11,19H2,1-2H3;1H. The van der Waals surface area contributed by atoms with Gasteiger partial charge >= 0.3 is 0 Å². The summed E-state index contributed by atoms with van der Waals surface area (Å²) in [6, 6.07) is 6.27. The summed E-state index contributed by atoms with van der Waals surface area (Å²) in [7, 11) is -3.54. The summed E-state index contributed by atoms with van der Waals surface area (Å²) in [6.45, 7) is 5.21. The molecule has 0 bridgehead atoms. The van der Waals surface area contributed by atoms with Crippen molar-refractivity contribution in [2.24, 2.45) is 17.6 Å². The first kappa shape index (κ1) is 21.2. The van der Waals surface area contributed by atoms with Gasteiger partial charge in [-0.1, -0.05) is 6.92 Å². The highest BCUT2D eigenvalue weighted by molar-refractivity contribution is 7.89. The van der Waals surface area contributed by atoms with Gasteiger partial charge in [0, 0.05) is 30.7 Å². The fraction of sp³-hybridized carbons (Fsp3) is 0.611. The van der Waals surface area contributed by atoms with Crippen molar-refractivity contribution in [3.8, 4) is 0 Å². The molecule has 2 aliphatic rings. The first-order valence-corrected chi connectivity index (χ1v) is 10.5. The van der Waals surface area contributed by atoms with Crippen LogP contribution in [0, 0.1) is 11.8 Å². The number of rotatable bonds is 5. The Labute approximate surface area is 162 Å². The Morgan fingerprint density at radius 3 is 2.50 bits per heavy atom. The summed E-state index contributed by atoms with van der Waals surface area (Å²) >= 11 is 0. The molecule has 1 amide bonds. The molecule has 0 spiro atoms. The maximum Gasteiger partial charge on any atom is 0.253 e. The molecule has 1 aliphatic carbocycles. The van der Waals surface area contributed by atoms with Gasteiger partial charge in [0.15, 0.2) is 0 Å². The summed E-state index contributed by atoms with van der Waals surface area (Å²) in [6.07, 6.45) is 2.86. The van der Waals surface area contributed by atoms with Gasteiger partial charge in [0.25, 0.3) is 5.91 Å². The quantitative estimate of drug-likeness (QED) is 0.789. The minimum Gasteiger partial charge on any atom is -0.338 e. The second-order valence-corrected chi connectivity index (χ2v) is 9.04. The second kappa shape index (κ2) is 8.25. The molecular formula is C18H28ClN3O3S. The van der Waals surface area contributed by atoms with E-state index in [1.807, 2.05) is 18.7 Å². The Morgan fingerprint density at radius 2 is 1.92 bits per heavy atom. The molecule has 6 nitrogen and oxygen atoms in total. The SMILES string of the molecule is CCC(C)NS(=O)(=O)c1ccc(C(=O)N2CC3CCC(N)C3C2)cc1.Cl. The fourth-order valence-corrected chi connectivity index (χ4v) is 5.18. The fourth-order valence-electron chi connectivity index (χ4n) is 3.85. The van der Waals surface area contributed by atoms with E-state index in [2.05, 4.69) is 4.72 Å². The third-order valence-corrected chi connectivity index (χ3v) is 7.19. The Kier molecular flexibility index (Phi) is 6.71. The lowest BCUT2D eigenvalue weighted by Crippen LogP contribution is -2.33. The third-order valence-electron chi connectivity index (χ3n) is 5.58. The lowest BCUT2D eigenvalue weighted by molar-refractivity contribution is 0.0779. The van der Waals surface area contributed by atoms with Crippen molar-refractivity contribution in [3.05, 3.63) is 29.8 Å². The van der Waals surface area contributed by atoms with Crippen LogP contribution in [0.25, 0.3) is 0 Å². The van der Waals surface area contributed by atoms with E-state index >= 15 is 0 Å². The van der Waals surface area contributed by atoms with Crippen molar-refractivity contribution in [2.45, 2.75) is 50.1 Å². The number of likely N-dealkylation sites (tertiary alicyclic amines) is 1. The predicted molar refractivity (Wildman–Crippen MR) is 104 cm³/mol. The van der Waals surface area contributed by atoms with Crippen LogP contribution in [0.3, 0.4) is 0 Å². The normalized spacial score (nSPS) is 26.3. The van der Waals surface area contributed by atoms with Gasteiger partial charge in [0.1, 0.15) is 0 Å². The maximum atomic E-state index is 12.7. The second-order valence-electron chi connectivity index (χ2n) is 7.33. The number of nitrogens with two attached hydrogens (primary N) is 1. The number of carbonyl (C=O) groups excluding carboxylic acids is 1. The molecule has 1 aromatic carbocycles. The summed E-state index contributed by atoms with van der Waals surface area (Å²) in [5.74, 6) is 0.877. The van der Waals surface area contributed by atoms with Crippen molar-refractivity contribution >= 4 is 28.3 Å². The first-order chi connectivity index (χ1) is 11.8. The van der Waals surface area contributed by atoms with Gasteiger partial charge in [-0.25, -0.2) is 13.1 Å². The minimum absolute atomic E-state index is 0. The number of sulfonamides is 1. The molecule has 4 atom stereocenters. The molecule has 1 aromatic rings. The van der Waals surface area contributed by atoms with E-state index in [0.29, 0.717) is 23.9 Å². The van der Waals surface area contributed by atoms with E-state index in [1.165, 1.54) is 12.1 Å². The van der Waals surface area contributed by atoms with Crippen LogP contribution in [-0.2, 0) is 10.0 Å². The summed E-state index contributed by atoms with van der Waals surface area (Å²) in [5, 5.41) is 0. The van der Waals surface area contributed by atoms with Crippen LogP contribution in [0.2, 0.25) is 0 Å². The summed E-state index contributed by atoms with van der Waals surface area (Å²) in [5.41, 5.74) is 6.65. The Hall–Kier alpha value is -1.15. The molecule has 0 aromatic heterocycles. The molecule has 4 unspecified atom stereocenters. The molecule has 146 valence electrons. The molecule has 26 heavy (non-hydrogen) atoms. The van der Waals surface area contributed by atoms with Crippen molar-refractivity contribution in [1.29, 1.82) is 0 Å². The smallest absolute Gasteiger partial charge is 0.253 e. The molecule has 3 rings (SSSR count). The predicted octanol–water partition coefficient (Wildman–Crippen LogP) is 1.99. The van der Waals surface area contributed by atoms with Crippen LogP contribution in [0.4, 0.5) is 0 Å². The van der Waals surface area contributed by atoms with E-state index in [1.54, 1.807) is 12.1 Å². The van der Waals surface area contributed by atoms with Gasteiger partial charge in [0.05, 0.1) is 4.90 Å². The molecule has 1 heterocycles. The molecule has 2 fully saturated rings. The monoisotopic (exact) mass is 401 g/mol. The van der Waals surface area contributed by atoms with E-state index in [9.17, 15) is 13.2 Å². The number of hydrogen-bond acceptors (Lipinski definition) is 4. The van der Waals surface area contributed by atoms with Crippen molar-refractivity contribution in [2.75, 3.05) is 13.1 Å². The van der Waals surface area contributed by atoms with Crippen molar-refractivity contribution in [3.63, 3.8) is 0 Å². The van der Waals surface area contributed by atoms with Gasteiger partial charge in [-0.3, -0.25) is 4.79 Å². The lowest BCUT2D eigenvalue weighted by atomic mass is 9.98. The number of fused-ring (bicyclic) bond motifs is 1. The first-order valence-electron chi connectivity index (χ1n) is 8.99. The third kappa shape index (κ3) is 4.22. The maximum absolute atomic E-state index is 12.7. The van der Waals surface area contributed by atoms with Gasteiger partial charge in [-0.2, -0.15) is 0 Å². The number of carbonyl (C=O) groups is 1. The minimum atomic E-state index is -3.54. The summed E-state index contributed by atoms with van der Waals surface area (Å²) < 4.78 is 27.2. The van der Waals surface area contributed by atoms with Gasteiger partial charge in [-0.05, 0) is 62.3 Å². The zero-order valence-corrected chi connectivity index (χ0v) is 16.9. The lowest BCUT2D eigenvalue weighted by Gasteiger charge is -2.19. The van der Waals surface area contributed by atoms with Gasteiger partial charge in [-0.15, -0.1) is 12.4 Å². The van der Waals surface area contributed by atoms with E-state index in [4.69, 9.17) is 5.73 Å². The number of nitrogens with zero attached hydrogens (tertiary/aromatic N) is 1. The number of benzene rings is 1. The molecule has 3 N–H and O–H groups in total. The number of hydrogen-bond donors (Lipinski definition) is 2. The largest absolute Gasteiger partial charge is 0.338 e. The van der Waals surface area contributed by atoms with Crippen molar-refractivity contribution < 1.29 is 13.2 Å². The van der Waals surface area contributed by atoms with Crippen molar-refractivity contribution in [1.82, 2.24) is 9.62 Å². The zero-order valence-electron chi connectivity index (χ0n) is 15.2. The average Bonchev–Trinajstić information content (AvgIpc) is 3.16. The van der Waals surface area contributed by atoms with E-state index < -0.39 is 10.0 Å². The number of halogens is 1. The molecule has 1 aliphatic heterocycles. The van der Waals surface area contributed by atoms with Gasteiger partial charge < -0.3 is 10.6 Å². The zero-order chi connectivity index (χ0) is 18.2. The highest BCUT2D eigenvalue weighted by Crippen LogP contribution is 2.37. The Bertz CT molecular complexity index is 739. The topological polar surface area (TPSA) is 92.5 Å². The molecule has 1 saturated carbocycles. The van der Waals surface area contributed by atoms with Crippen LogP contribution in [0.1, 0.15) is 43.5 Å². The number of nitrogens with one attached hydrogen (secondary N) is 1. The van der Waals surface area contributed by atoms with Crippen LogP contribution >= 0.6 is 12.4 Å². The van der Waals surface area contributed by atoms with Crippen LogP contribution in [0.15, 0.2) is 29.2 Å². The Balaban J connectivity index is 0.00000243. The average molecular weight is 402 g/mol. The van der Waals surface area contributed by atoms with Crippen LogP contribution < -0.4 is 10.5 Å². The van der Waals surface area contributed by atoms with Crippen LogP contribution in [-0.4, -0.2) is 44.4 Å². The highest BCUT2D eigenvalue weighted by Gasteiger charge is 2.42. The van der Waals surface area contributed by atoms with E-state index in [0.717, 1.165) is 25.8 Å². The van der Waals surface area contributed by atoms with Gasteiger partial charge in [0.2, 0.25) is 10.0 Å². The Morgan fingerprint density at radius 1 is 1.27 bits per heavy atom. The molecule has 0 radical (unpaired) electrons. The molecular weight excluding hydrogens is 374 g/mol. The highest BCUT2D eigenvalue weighted by atomic mass is 35.5. The molecule has 1 saturated heterocycles. The molecule has 8 heteroatoms. The van der Waals surface area contributed by atoms with E-state index in [-0.39, 0.29) is 35.3 Å².